The lowest BCUT2D eigenvalue weighted by molar-refractivity contribution is 0.414. The van der Waals surface area contributed by atoms with Crippen molar-refractivity contribution in [2.45, 2.75) is 61.2 Å². The maximum atomic E-state index is 9.33. The fourth-order valence-electron chi connectivity index (χ4n) is 1.93. The Hall–Kier alpha value is -0.640. The molecule has 0 radical (unpaired) electrons. The Morgan fingerprint density at radius 3 is 2.83 bits per heavy atom. The summed E-state index contributed by atoms with van der Waals surface area (Å²) in [5.41, 5.74) is -0.423. The second-order valence-electron chi connectivity index (χ2n) is 5.08. The zero-order valence-electron chi connectivity index (χ0n) is 10.9. The van der Waals surface area contributed by atoms with Crippen molar-refractivity contribution in [1.82, 2.24) is 15.5 Å². The minimum atomic E-state index is -0.423. The Morgan fingerprint density at radius 1 is 1.61 bits per heavy atom. The maximum Gasteiger partial charge on any atom is 0.174 e. The van der Waals surface area contributed by atoms with E-state index in [1.807, 2.05) is 13.8 Å². The van der Waals surface area contributed by atoms with Gasteiger partial charge in [0.2, 0.25) is 0 Å². The summed E-state index contributed by atoms with van der Waals surface area (Å²) >= 11 is 3.32. The largest absolute Gasteiger partial charge is 0.297 e. The minimum absolute atomic E-state index is 0.355. The van der Waals surface area contributed by atoms with Gasteiger partial charge in [0, 0.05) is 11.3 Å². The van der Waals surface area contributed by atoms with Gasteiger partial charge in [-0.2, -0.15) is 5.26 Å². The van der Waals surface area contributed by atoms with Crippen molar-refractivity contribution in [3.63, 3.8) is 0 Å². The van der Waals surface area contributed by atoms with E-state index in [9.17, 15) is 5.26 Å². The predicted molar refractivity (Wildman–Crippen MR) is 74.8 cm³/mol. The van der Waals surface area contributed by atoms with Gasteiger partial charge in [-0.1, -0.05) is 30.0 Å². The van der Waals surface area contributed by atoms with Crippen molar-refractivity contribution in [1.29, 1.82) is 5.26 Å². The zero-order valence-corrected chi connectivity index (χ0v) is 12.6. The van der Waals surface area contributed by atoms with Gasteiger partial charge in [-0.3, -0.25) is 5.32 Å². The van der Waals surface area contributed by atoms with Gasteiger partial charge < -0.3 is 0 Å². The lowest BCUT2D eigenvalue weighted by Gasteiger charge is -2.25. The molecule has 0 aliphatic heterocycles. The molecule has 2 unspecified atom stereocenters. The van der Waals surface area contributed by atoms with Crippen LogP contribution in [-0.4, -0.2) is 27.0 Å². The van der Waals surface area contributed by atoms with Crippen LogP contribution in [0.15, 0.2) is 4.34 Å². The van der Waals surface area contributed by atoms with Crippen molar-refractivity contribution >= 4 is 23.1 Å². The highest BCUT2D eigenvalue weighted by molar-refractivity contribution is 8.01. The molecule has 2 atom stereocenters. The van der Waals surface area contributed by atoms with E-state index in [1.54, 1.807) is 23.1 Å². The standard InChI is InChI=1S/C12H18N4S2/c1-8(17-11-16-15-9(2)18-11)6-12(3,7-13)14-10-4-5-10/h8,10,14H,4-6H2,1-3H3. The fraction of sp³-hybridized carbons (Fsp3) is 0.750. The number of hydrogen-bond acceptors (Lipinski definition) is 6. The molecule has 1 aliphatic rings. The van der Waals surface area contributed by atoms with Gasteiger partial charge in [-0.25, -0.2) is 0 Å². The molecule has 1 fully saturated rings. The SMILES string of the molecule is Cc1nnc(SC(C)CC(C)(C#N)NC2CC2)s1. The Bertz CT molecular complexity index is 449. The summed E-state index contributed by atoms with van der Waals surface area (Å²) in [4.78, 5) is 0. The molecule has 0 amide bonds. The van der Waals surface area contributed by atoms with Crippen LogP contribution in [-0.2, 0) is 0 Å². The molecule has 6 heteroatoms. The van der Waals surface area contributed by atoms with Gasteiger partial charge in [0.25, 0.3) is 0 Å². The molecule has 0 spiro atoms. The summed E-state index contributed by atoms with van der Waals surface area (Å²) in [5, 5.41) is 22.2. The first kappa shape index (κ1) is 13.8. The number of aromatic nitrogens is 2. The van der Waals surface area contributed by atoms with E-state index in [2.05, 4.69) is 28.5 Å². The molecule has 1 N–H and O–H groups in total. The van der Waals surface area contributed by atoms with Crippen LogP contribution in [0.2, 0.25) is 0 Å². The second kappa shape index (κ2) is 5.55. The highest BCUT2D eigenvalue weighted by Gasteiger charge is 2.33. The average Bonchev–Trinajstić information content (AvgIpc) is 3.00. The van der Waals surface area contributed by atoms with Crippen molar-refractivity contribution in [3.05, 3.63) is 5.01 Å². The Kier molecular flexibility index (Phi) is 4.25. The van der Waals surface area contributed by atoms with Gasteiger partial charge in [-0.05, 0) is 33.1 Å². The Balaban J connectivity index is 1.88. The van der Waals surface area contributed by atoms with Crippen LogP contribution >= 0.6 is 23.1 Å². The van der Waals surface area contributed by atoms with Crippen LogP contribution in [0.1, 0.15) is 38.1 Å². The molecule has 18 heavy (non-hydrogen) atoms. The minimum Gasteiger partial charge on any atom is -0.297 e. The van der Waals surface area contributed by atoms with Crippen LogP contribution in [0.5, 0.6) is 0 Å². The highest BCUT2D eigenvalue weighted by Crippen LogP contribution is 2.32. The Labute approximate surface area is 116 Å². The third-order valence-corrected chi connectivity index (χ3v) is 4.88. The fourth-order valence-corrected chi connectivity index (χ4v) is 4.24. The molecule has 0 aromatic carbocycles. The summed E-state index contributed by atoms with van der Waals surface area (Å²) in [7, 11) is 0. The molecule has 1 aliphatic carbocycles. The first-order valence-corrected chi connectivity index (χ1v) is 7.86. The van der Waals surface area contributed by atoms with E-state index >= 15 is 0 Å². The van der Waals surface area contributed by atoms with Gasteiger partial charge in [0.05, 0.1) is 6.07 Å². The number of aryl methyl sites for hydroxylation is 1. The monoisotopic (exact) mass is 282 g/mol. The first-order chi connectivity index (χ1) is 8.50. The van der Waals surface area contributed by atoms with E-state index in [-0.39, 0.29) is 0 Å². The molecular formula is C12H18N4S2. The molecular weight excluding hydrogens is 264 g/mol. The smallest absolute Gasteiger partial charge is 0.174 e. The van der Waals surface area contributed by atoms with E-state index in [0.29, 0.717) is 11.3 Å². The number of nitrogens with one attached hydrogen (secondary N) is 1. The van der Waals surface area contributed by atoms with Crippen LogP contribution in [0.3, 0.4) is 0 Å². The van der Waals surface area contributed by atoms with Gasteiger partial charge in [-0.15, -0.1) is 10.2 Å². The van der Waals surface area contributed by atoms with Gasteiger partial charge in [0.15, 0.2) is 4.34 Å². The van der Waals surface area contributed by atoms with Gasteiger partial charge in [0.1, 0.15) is 10.5 Å². The van der Waals surface area contributed by atoms with Crippen LogP contribution in [0.25, 0.3) is 0 Å². The molecule has 1 saturated carbocycles. The van der Waals surface area contributed by atoms with E-state index in [0.717, 1.165) is 15.8 Å². The molecule has 1 aromatic rings. The third-order valence-electron chi connectivity index (χ3n) is 2.85. The van der Waals surface area contributed by atoms with Crippen molar-refractivity contribution in [2.24, 2.45) is 0 Å². The van der Waals surface area contributed by atoms with E-state index in [4.69, 9.17) is 0 Å². The number of thioether (sulfide) groups is 1. The number of rotatable bonds is 6. The van der Waals surface area contributed by atoms with E-state index < -0.39 is 5.54 Å². The van der Waals surface area contributed by atoms with Crippen LogP contribution in [0.4, 0.5) is 0 Å². The molecule has 0 saturated heterocycles. The van der Waals surface area contributed by atoms with Crippen molar-refractivity contribution in [2.75, 3.05) is 0 Å². The quantitative estimate of drug-likeness (QED) is 0.813. The van der Waals surface area contributed by atoms with Gasteiger partial charge >= 0.3 is 0 Å². The highest BCUT2D eigenvalue weighted by atomic mass is 32.2. The molecule has 2 rings (SSSR count). The zero-order chi connectivity index (χ0) is 13.2. The number of nitrogens with zero attached hydrogens (tertiary/aromatic N) is 3. The predicted octanol–water partition coefficient (Wildman–Crippen LogP) is 2.75. The molecule has 0 bridgehead atoms. The van der Waals surface area contributed by atoms with Crippen molar-refractivity contribution < 1.29 is 0 Å². The normalized spacial score (nSPS) is 20.1. The summed E-state index contributed by atoms with van der Waals surface area (Å²) in [6.45, 7) is 6.10. The molecule has 4 nitrogen and oxygen atoms in total. The van der Waals surface area contributed by atoms with Crippen LogP contribution in [0, 0.1) is 18.3 Å². The van der Waals surface area contributed by atoms with E-state index in [1.165, 1.54) is 12.8 Å². The topological polar surface area (TPSA) is 61.6 Å². The first-order valence-electron chi connectivity index (χ1n) is 6.16. The molecule has 1 heterocycles. The second-order valence-corrected chi connectivity index (χ2v) is 7.95. The maximum absolute atomic E-state index is 9.33. The third kappa shape index (κ3) is 3.94. The Morgan fingerprint density at radius 2 is 2.33 bits per heavy atom. The lowest BCUT2D eigenvalue weighted by atomic mass is 9.98. The average molecular weight is 282 g/mol. The molecule has 98 valence electrons. The summed E-state index contributed by atoms with van der Waals surface area (Å²) in [6.07, 6.45) is 3.23. The summed E-state index contributed by atoms with van der Waals surface area (Å²) in [5.74, 6) is 0. The lowest BCUT2D eigenvalue weighted by Crippen LogP contribution is -2.44. The summed E-state index contributed by atoms with van der Waals surface area (Å²) in [6, 6.07) is 2.97. The van der Waals surface area contributed by atoms with Crippen LogP contribution < -0.4 is 5.32 Å². The summed E-state index contributed by atoms with van der Waals surface area (Å²) < 4.78 is 0.992. The molecule has 1 aromatic heterocycles. The van der Waals surface area contributed by atoms with Crippen molar-refractivity contribution in [3.8, 4) is 6.07 Å². The number of nitriles is 1. The number of hydrogen-bond donors (Lipinski definition) is 1.